The van der Waals surface area contributed by atoms with Crippen LogP contribution in [0.1, 0.15) is 37.8 Å². The minimum absolute atomic E-state index is 0.0640. The maximum Gasteiger partial charge on any atom is 0.494 e. The molecule has 8 heteroatoms. The lowest BCUT2D eigenvalue weighted by molar-refractivity contribution is -0.0681. The molecular weight excluding hydrogens is 455 g/mol. The molecule has 176 valence electrons. The minimum Gasteiger partial charge on any atom is -0.401 e. The fraction of sp³-hybridized carbons (Fsp3) is 0.370. The highest BCUT2D eigenvalue weighted by molar-refractivity contribution is 7.80. The number of nitrogens with zero attached hydrogens (tertiary/aromatic N) is 4. The summed E-state index contributed by atoms with van der Waals surface area (Å²) in [6.07, 6.45) is 5.78. The molecule has 2 aromatic carbocycles. The normalized spacial score (nSPS) is 31.4. The third kappa shape index (κ3) is 2.90. The summed E-state index contributed by atoms with van der Waals surface area (Å²) in [5.41, 5.74) is 4.63. The van der Waals surface area contributed by atoms with Crippen molar-refractivity contribution in [1.29, 1.82) is 0 Å². The Kier molecular flexibility index (Phi) is 4.73. The van der Waals surface area contributed by atoms with Crippen LogP contribution in [0.5, 0.6) is 0 Å². The quantitative estimate of drug-likeness (QED) is 0.268. The first kappa shape index (κ1) is 21.6. The van der Waals surface area contributed by atoms with Crippen molar-refractivity contribution < 1.29 is 9.31 Å². The molecule has 3 fully saturated rings. The van der Waals surface area contributed by atoms with E-state index in [1.807, 2.05) is 4.57 Å². The highest BCUT2D eigenvalue weighted by Crippen LogP contribution is 2.70. The van der Waals surface area contributed by atoms with E-state index in [0.717, 1.165) is 22.2 Å². The van der Waals surface area contributed by atoms with Crippen LogP contribution >= 0.6 is 12.6 Å². The van der Waals surface area contributed by atoms with Gasteiger partial charge in [0.2, 0.25) is 0 Å². The molecule has 5 atom stereocenters. The molecule has 35 heavy (non-hydrogen) atoms. The van der Waals surface area contributed by atoms with Gasteiger partial charge in [-0.3, -0.25) is 0 Å². The molecule has 4 aromatic rings. The molecule has 2 bridgehead atoms. The largest absolute Gasteiger partial charge is 0.494 e. The molecule has 1 aliphatic heterocycles. The third-order valence-corrected chi connectivity index (χ3v) is 9.36. The van der Waals surface area contributed by atoms with Gasteiger partial charge in [-0.2, -0.15) is 0 Å². The predicted octanol–water partition coefficient (Wildman–Crippen LogP) is 4.24. The van der Waals surface area contributed by atoms with Crippen molar-refractivity contribution in [2.24, 2.45) is 17.3 Å². The van der Waals surface area contributed by atoms with Crippen molar-refractivity contribution >= 4 is 36.4 Å². The average Bonchev–Trinajstić information content (AvgIpc) is 3.60. The monoisotopic (exact) mass is 482 g/mol. The third-order valence-electron chi connectivity index (χ3n) is 9.03. The molecule has 2 aliphatic carbocycles. The van der Waals surface area contributed by atoms with E-state index in [2.05, 4.69) is 96.0 Å². The van der Waals surface area contributed by atoms with Crippen molar-refractivity contribution in [3.05, 3.63) is 78.4 Å². The van der Waals surface area contributed by atoms with Gasteiger partial charge in [0.05, 0.1) is 19.0 Å². The summed E-state index contributed by atoms with van der Waals surface area (Å²) in [6, 6.07) is 19.3. The molecule has 5 unspecified atom stereocenters. The number of imidazole rings is 1. The standard InChI is InChI=1S/C27H27BN4O2S/c1-17-21-12-13-26(17,2)27(19-6-4-3-5-7-19)23(21)33-28(34-27)20-10-8-18(9-11-20)14-32-16-31-22-24(32)29-15-30-25(22)35/h3-11,15-17,21,23H,12-14H2,1-2H3,(H,29,30,35). The second kappa shape index (κ2) is 7.66. The van der Waals surface area contributed by atoms with E-state index in [0.29, 0.717) is 23.4 Å². The van der Waals surface area contributed by atoms with Gasteiger partial charge in [-0.25, -0.2) is 15.0 Å². The topological polar surface area (TPSA) is 62.1 Å². The summed E-state index contributed by atoms with van der Waals surface area (Å²) in [6.45, 7) is 5.47. The average molecular weight is 482 g/mol. The lowest BCUT2D eigenvalue weighted by atomic mass is 9.65. The zero-order chi connectivity index (χ0) is 23.8. The zero-order valence-electron chi connectivity index (χ0n) is 19.8. The highest BCUT2D eigenvalue weighted by Gasteiger charge is 2.74. The van der Waals surface area contributed by atoms with Gasteiger partial charge in [-0.1, -0.05) is 68.4 Å². The van der Waals surface area contributed by atoms with E-state index in [1.54, 1.807) is 6.33 Å². The van der Waals surface area contributed by atoms with Gasteiger partial charge < -0.3 is 13.9 Å². The first-order valence-corrected chi connectivity index (χ1v) is 12.8. The van der Waals surface area contributed by atoms with Crippen LogP contribution in [0.15, 0.2) is 72.3 Å². The first-order valence-electron chi connectivity index (χ1n) is 12.3. The van der Waals surface area contributed by atoms with E-state index in [9.17, 15) is 0 Å². The number of thiol groups is 1. The Morgan fingerprint density at radius 2 is 1.89 bits per heavy atom. The van der Waals surface area contributed by atoms with Crippen molar-refractivity contribution in [1.82, 2.24) is 19.5 Å². The van der Waals surface area contributed by atoms with E-state index in [-0.39, 0.29) is 18.6 Å². The maximum absolute atomic E-state index is 7.01. The summed E-state index contributed by atoms with van der Waals surface area (Å²) < 4.78 is 15.8. The van der Waals surface area contributed by atoms with Gasteiger partial charge in [0.15, 0.2) is 5.65 Å². The molecule has 0 amide bonds. The fourth-order valence-electron chi connectivity index (χ4n) is 7.06. The fourth-order valence-corrected chi connectivity index (χ4v) is 7.27. The van der Waals surface area contributed by atoms with Gasteiger partial charge in [0, 0.05) is 5.41 Å². The summed E-state index contributed by atoms with van der Waals surface area (Å²) in [5.74, 6) is 1.10. The van der Waals surface area contributed by atoms with Crippen molar-refractivity contribution in [2.75, 3.05) is 0 Å². The summed E-state index contributed by atoms with van der Waals surface area (Å²) in [7, 11) is -0.366. The second-order valence-corrected chi connectivity index (χ2v) is 10.9. The molecule has 3 heterocycles. The number of hydrogen-bond acceptors (Lipinski definition) is 6. The molecule has 0 radical (unpaired) electrons. The van der Waals surface area contributed by atoms with Crippen LogP contribution < -0.4 is 5.46 Å². The van der Waals surface area contributed by atoms with Crippen LogP contribution in [-0.2, 0) is 21.5 Å². The van der Waals surface area contributed by atoms with Crippen LogP contribution in [0.25, 0.3) is 11.2 Å². The predicted molar refractivity (Wildman–Crippen MR) is 138 cm³/mol. The van der Waals surface area contributed by atoms with Crippen LogP contribution in [0.2, 0.25) is 0 Å². The number of hydrogen-bond donors (Lipinski definition) is 1. The Morgan fingerprint density at radius 3 is 2.69 bits per heavy atom. The van der Waals surface area contributed by atoms with Gasteiger partial charge in [-0.05, 0) is 41.3 Å². The van der Waals surface area contributed by atoms with Crippen LogP contribution in [0.3, 0.4) is 0 Å². The Labute approximate surface area is 210 Å². The number of fused-ring (bicyclic) bond motifs is 6. The smallest absolute Gasteiger partial charge is 0.401 e. The molecule has 2 saturated carbocycles. The van der Waals surface area contributed by atoms with Gasteiger partial charge in [-0.15, -0.1) is 12.6 Å². The van der Waals surface area contributed by atoms with E-state index >= 15 is 0 Å². The molecule has 2 aromatic heterocycles. The summed E-state index contributed by atoms with van der Waals surface area (Å²) in [4.78, 5) is 12.9. The second-order valence-electron chi connectivity index (χ2n) is 10.5. The summed E-state index contributed by atoms with van der Waals surface area (Å²) in [5, 5.41) is 0.592. The zero-order valence-corrected chi connectivity index (χ0v) is 20.7. The minimum atomic E-state index is -0.403. The molecular formula is C27H27BN4O2S. The Hall–Kier alpha value is -2.68. The van der Waals surface area contributed by atoms with Gasteiger partial charge >= 0.3 is 7.12 Å². The lowest BCUT2D eigenvalue weighted by Gasteiger charge is -2.46. The molecule has 7 rings (SSSR count). The molecule has 3 aliphatic rings. The molecule has 0 spiro atoms. The van der Waals surface area contributed by atoms with E-state index in [1.165, 1.54) is 24.7 Å². The van der Waals surface area contributed by atoms with Crippen molar-refractivity contribution in [3.8, 4) is 0 Å². The SMILES string of the molecule is CC1C2CCC1(C)C1(c3ccccc3)OB(c3ccc(Cn4cnc5c(S)ncnc54)cc3)OC21. The molecule has 6 nitrogen and oxygen atoms in total. The van der Waals surface area contributed by atoms with Crippen LogP contribution in [-0.4, -0.2) is 32.7 Å². The van der Waals surface area contributed by atoms with Crippen molar-refractivity contribution in [2.45, 2.75) is 50.0 Å². The highest BCUT2D eigenvalue weighted by atomic mass is 32.1. The molecule has 1 saturated heterocycles. The molecule has 0 N–H and O–H groups in total. The van der Waals surface area contributed by atoms with E-state index in [4.69, 9.17) is 9.31 Å². The van der Waals surface area contributed by atoms with E-state index < -0.39 is 5.60 Å². The summed E-state index contributed by atoms with van der Waals surface area (Å²) >= 11 is 4.39. The lowest BCUT2D eigenvalue weighted by Crippen LogP contribution is -2.49. The van der Waals surface area contributed by atoms with Gasteiger partial charge in [0.25, 0.3) is 0 Å². The Balaban J connectivity index is 1.19. The first-order chi connectivity index (χ1) is 17.0. The van der Waals surface area contributed by atoms with Gasteiger partial charge in [0.1, 0.15) is 22.5 Å². The maximum atomic E-state index is 7.01. The number of benzene rings is 2. The number of rotatable bonds is 4. The van der Waals surface area contributed by atoms with Crippen LogP contribution in [0.4, 0.5) is 0 Å². The Morgan fingerprint density at radius 1 is 1.09 bits per heavy atom. The van der Waals surface area contributed by atoms with Crippen molar-refractivity contribution in [3.63, 3.8) is 0 Å². The number of aromatic nitrogens is 4. The van der Waals surface area contributed by atoms with Crippen LogP contribution in [0, 0.1) is 17.3 Å². The Bertz CT molecular complexity index is 1410.